The van der Waals surface area contributed by atoms with Crippen LogP contribution < -0.4 is 4.98 Å². The largest absolute Gasteiger partial charge is 0.519 e. The second kappa shape index (κ2) is 8.08. The Labute approximate surface area is 165 Å². The number of hydrogen-bond donors (Lipinski definition) is 1. The smallest absolute Gasteiger partial charge is 0.293 e. The van der Waals surface area contributed by atoms with Gasteiger partial charge in [-0.3, -0.25) is 4.79 Å². The quantitative estimate of drug-likeness (QED) is 0.520. The minimum atomic E-state index is -2.04. The van der Waals surface area contributed by atoms with Gasteiger partial charge in [0.25, 0.3) is 14.3 Å². The molecule has 0 saturated heterocycles. The second-order valence-corrected chi connectivity index (χ2v) is 21.5. The summed E-state index contributed by atoms with van der Waals surface area (Å²) in [5.41, 5.74) is 0.0905. The first-order valence-corrected chi connectivity index (χ1v) is 16.4. The molecular formula is C21H45NO2Si2. The lowest BCUT2D eigenvalue weighted by molar-refractivity contribution is -0.138. The van der Waals surface area contributed by atoms with Crippen molar-refractivity contribution in [2.75, 3.05) is 6.54 Å². The van der Waals surface area contributed by atoms with E-state index in [9.17, 15) is 4.79 Å². The monoisotopic (exact) mass is 399 g/mol. The zero-order chi connectivity index (χ0) is 20.4. The van der Waals surface area contributed by atoms with Crippen molar-refractivity contribution in [3.63, 3.8) is 0 Å². The molecule has 1 aliphatic carbocycles. The first kappa shape index (κ1) is 23.9. The van der Waals surface area contributed by atoms with Crippen LogP contribution in [0, 0.1) is 5.41 Å². The van der Waals surface area contributed by atoms with Crippen molar-refractivity contribution < 1.29 is 9.22 Å². The third-order valence-electron chi connectivity index (χ3n) is 7.39. The van der Waals surface area contributed by atoms with E-state index in [4.69, 9.17) is 4.43 Å². The molecule has 0 heterocycles. The molecule has 1 rings (SSSR count). The highest BCUT2D eigenvalue weighted by Crippen LogP contribution is 2.42. The molecule has 0 radical (unpaired) electrons. The van der Waals surface area contributed by atoms with E-state index in [0.29, 0.717) is 11.5 Å². The Morgan fingerprint density at radius 3 is 1.85 bits per heavy atom. The highest BCUT2D eigenvalue weighted by molar-refractivity contribution is 6.77. The van der Waals surface area contributed by atoms with Crippen LogP contribution in [0.1, 0.15) is 80.1 Å². The number of hydrogen-bond acceptors (Lipinski definition) is 3. The van der Waals surface area contributed by atoms with Crippen LogP contribution in [-0.2, 0) is 9.22 Å². The van der Waals surface area contributed by atoms with Crippen LogP contribution in [0.3, 0.4) is 0 Å². The molecule has 1 fully saturated rings. The fraction of sp³-hybridized carbons (Fsp3) is 0.952. The van der Waals surface area contributed by atoms with Crippen LogP contribution in [0.15, 0.2) is 0 Å². The van der Waals surface area contributed by atoms with Gasteiger partial charge in [0, 0.05) is 0 Å². The maximum absolute atomic E-state index is 12.9. The first-order chi connectivity index (χ1) is 11.5. The number of carbonyl (C=O) groups excluding carboxylic acids is 1. The van der Waals surface area contributed by atoms with Crippen molar-refractivity contribution in [1.29, 1.82) is 0 Å². The molecule has 0 aliphatic heterocycles. The molecule has 5 heteroatoms. The van der Waals surface area contributed by atoms with Crippen LogP contribution in [0.5, 0.6) is 0 Å². The summed E-state index contributed by atoms with van der Waals surface area (Å²) in [6.45, 7) is 23.7. The van der Waals surface area contributed by atoms with E-state index in [1.807, 2.05) is 0 Å². The Kier molecular flexibility index (Phi) is 7.43. The van der Waals surface area contributed by atoms with Gasteiger partial charge in [-0.25, -0.2) is 0 Å². The molecule has 3 nitrogen and oxygen atoms in total. The Morgan fingerprint density at radius 2 is 1.42 bits per heavy atom. The number of nitrogens with one attached hydrogen (secondary N) is 1. The minimum Gasteiger partial charge on any atom is -0.519 e. The molecule has 154 valence electrons. The van der Waals surface area contributed by atoms with E-state index in [1.54, 1.807) is 0 Å². The van der Waals surface area contributed by atoms with Crippen LogP contribution in [0.25, 0.3) is 0 Å². The lowest BCUT2D eigenvalue weighted by Crippen LogP contribution is -2.56. The standard InChI is InChI=1S/C21H45NO2Si2/c1-19(2,3)25(7,8)22-17-21(14-12-11-13-15-21)16-18(23)24-26(9,10)20(4,5)6/h22H,11-17H2,1-10H3. The molecule has 1 saturated carbocycles. The Bertz CT molecular complexity index is 481. The van der Waals surface area contributed by atoms with Gasteiger partial charge in [-0.2, -0.15) is 0 Å². The lowest BCUT2D eigenvalue weighted by atomic mass is 9.72. The molecule has 0 aromatic heterocycles. The highest BCUT2D eigenvalue weighted by Gasteiger charge is 2.44. The third-order valence-corrected chi connectivity index (χ3v) is 16.6. The summed E-state index contributed by atoms with van der Waals surface area (Å²) in [6, 6.07) is 0. The van der Waals surface area contributed by atoms with E-state index >= 15 is 0 Å². The van der Waals surface area contributed by atoms with Gasteiger partial charge in [0.2, 0.25) is 0 Å². The molecule has 0 aromatic carbocycles. The minimum absolute atomic E-state index is 0.0375. The third kappa shape index (κ3) is 6.20. The maximum Gasteiger partial charge on any atom is 0.293 e. The zero-order valence-electron chi connectivity index (χ0n) is 19.3. The van der Waals surface area contributed by atoms with Gasteiger partial charge in [0.1, 0.15) is 8.24 Å². The molecule has 0 unspecified atom stereocenters. The number of carbonyl (C=O) groups is 1. The van der Waals surface area contributed by atoms with Gasteiger partial charge in [-0.1, -0.05) is 73.9 Å². The summed E-state index contributed by atoms with van der Waals surface area (Å²) in [5.74, 6) is 0.0375. The summed E-state index contributed by atoms with van der Waals surface area (Å²) >= 11 is 0. The van der Waals surface area contributed by atoms with Gasteiger partial charge in [0.05, 0.1) is 6.42 Å². The summed E-state index contributed by atoms with van der Waals surface area (Å²) in [4.78, 5) is 16.8. The summed E-state index contributed by atoms with van der Waals surface area (Å²) < 4.78 is 6.11. The average Bonchev–Trinajstić information content (AvgIpc) is 2.43. The van der Waals surface area contributed by atoms with E-state index < -0.39 is 16.6 Å². The van der Waals surface area contributed by atoms with E-state index in [1.165, 1.54) is 19.3 Å². The SMILES string of the molecule is CC(C)(C)[Si](C)(C)NCC1(CC(=O)O[Si](C)(C)C(C)(C)C)CCCCC1. The normalized spacial score (nSPS) is 19.3. The van der Waals surface area contributed by atoms with Crippen molar-refractivity contribution in [3.05, 3.63) is 0 Å². The maximum atomic E-state index is 12.9. The predicted octanol–water partition coefficient (Wildman–Crippen LogP) is 6.47. The van der Waals surface area contributed by atoms with E-state index in [2.05, 4.69) is 72.7 Å². The van der Waals surface area contributed by atoms with Crippen LogP contribution in [-0.4, -0.2) is 29.1 Å². The Hall–Kier alpha value is -0.136. The molecule has 0 amide bonds. The highest BCUT2D eigenvalue weighted by atomic mass is 28.4. The molecule has 0 bridgehead atoms. The van der Waals surface area contributed by atoms with Crippen molar-refractivity contribution in [2.24, 2.45) is 5.41 Å². The molecule has 0 atom stereocenters. The average molecular weight is 400 g/mol. The molecule has 1 N–H and O–H groups in total. The Balaban J connectivity index is 2.85. The zero-order valence-corrected chi connectivity index (χ0v) is 21.3. The number of rotatable bonds is 6. The molecule has 26 heavy (non-hydrogen) atoms. The van der Waals surface area contributed by atoms with Gasteiger partial charge in [0.15, 0.2) is 0 Å². The van der Waals surface area contributed by atoms with E-state index in [-0.39, 0.29) is 16.4 Å². The van der Waals surface area contributed by atoms with Crippen LogP contribution in [0.4, 0.5) is 0 Å². The predicted molar refractivity (Wildman–Crippen MR) is 119 cm³/mol. The van der Waals surface area contributed by atoms with Crippen molar-refractivity contribution >= 4 is 22.5 Å². The lowest BCUT2D eigenvalue weighted by Gasteiger charge is -2.44. The van der Waals surface area contributed by atoms with Gasteiger partial charge in [-0.05, 0) is 48.0 Å². The van der Waals surface area contributed by atoms with Crippen LogP contribution in [0.2, 0.25) is 36.3 Å². The fourth-order valence-electron chi connectivity index (χ4n) is 3.17. The molecular weight excluding hydrogens is 354 g/mol. The molecule has 0 spiro atoms. The van der Waals surface area contributed by atoms with Crippen molar-refractivity contribution in [2.45, 2.75) is 116 Å². The Morgan fingerprint density at radius 1 is 0.923 bits per heavy atom. The van der Waals surface area contributed by atoms with E-state index in [0.717, 1.165) is 19.4 Å². The second-order valence-electron chi connectivity index (χ2n) is 11.7. The molecule has 1 aliphatic rings. The molecule has 0 aromatic rings. The van der Waals surface area contributed by atoms with Crippen molar-refractivity contribution in [3.8, 4) is 0 Å². The summed E-state index contributed by atoms with van der Waals surface area (Å²) in [7, 11) is -3.59. The summed E-state index contributed by atoms with van der Waals surface area (Å²) in [6.07, 6.45) is 6.68. The first-order valence-electron chi connectivity index (χ1n) is 10.5. The van der Waals surface area contributed by atoms with Gasteiger partial charge >= 0.3 is 0 Å². The van der Waals surface area contributed by atoms with Gasteiger partial charge in [-0.15, -0.1) is 0 Å². The topological polar surface area (TPSA) is 38.3 Å². The summed E-state index contributed by atoms with van der Waals surface area (Å²) in [5, 5.41) is 0.381. The van der Waals surface area contributed by atoms with Crippen molar-refractivity contribution in [1.82, 2.24) is 4.98 Å². The van der Waals surface area contributed by atoms with Gasteiger partial charge < -0.3 is 9.41 Å². The van der Waals surface area contributed by atoms with Crippen LogP contribution >= 0.6 is 0 Å². The fourth-order valence-corrected chi connectivity index (χ4v) is 5.47.